The van der Waals surface area contributed by atoms with Crippen molar-refractivity contribution >= 4 is 11.8 Å². The van der Waals surface area contributed by atoms with Crippen molar-refractivity contribution in [3.63, 3.8) is 0 Å². The van der Waals surface area contributed by atoms with Gasteiger partial charge in [0, 0.05) is 35.2 Å². The van der Waals surface area contributed by atoms with E-state index in [1.807, 2.05) is 30.5 Å². The molecule has 2 amide bonds. The molecule has 0 unspecified atom stereocenters. The van der Waals surface area contributed by atoms with Crippen LogP contribution in [0.15, 0.2) is 60.9 Å². The van der Waals surface area contributed by atoms with Crippen molar-refractivity contribution in [3.05, 3.63) is 77.6 Å². The molecule has 3 aromatic rings. The van der Waals surface area contributed by atoms with E-state index >= 15 is 0 Å². The summed E-state index contributed by atoms with van der Waals surface area (Å²) in [6.45, 7) is 4.85. The van der Waals surface area contributed by atoms with Crippen molar-refractivity contribution in [2.24, 2.45) is 5.92 Å². The first-order valence-corrected chi connectivity index (χ1v) is 10.8. The van der Waals surface area contributed by atoms with Crippen LogP contribution in [0.1, 0.15) is 46.5 Å². The summed E-state index contributed by atoms with van der Waals surface area (Å²) in [7, 11) is 0. The third-order valence-electron chi connectivity index (χ3n) is 5.91. The van der Waals surface area contributed by atoms with Crippen molar-refractivity contribution in [2.45, 2.75) is 32.9 Å². The lowest BCUT2D eigenvalue weighted by molar-refractivity contribution is 0.0507. The van der Waals surface area contributed by atoms with E-state index < -0.39 is 0 Å². The number of rotatable bonds is 6. The van der Waals surface area contributed by atoms with Gasteiger partial charge in [0.2, 0.25) is 0 Å². The molecule has 2 aromatic carbocycles. The summed E-state index contributed by atoms with van der Waals surface area (Å²) in [6.07, 6.45) is 4.27. The van der Waals surface area contributed by atoms with Gasteiger partial charge in [-0.1, -0.05) is 26.0 Å². The Bertz CT molecular complexity index is 1170. The summed E-state index contributed by atoms with van der Waals surface area (Å²) in [5.74, 6) is 1.17. The molecule has 6 heteroatoms. The molecular weight excluding hydrogens is 404 g/mol. The molecule has 32 heavy (non-hydrogen) atoms. The van der Waals surface area contributed by atoms with E-state index in [2.05, 4.69) is 18.8 Å². The number of aromatic nitrogens is 1. The smallest absolute Gasteiger partial charge is 0.261 e. The minimum absolute atomic E-state index is 0.223. The van der Waals surface area contributed by atoms with E-state index in [1.54, 1.807) is 30.5 Å². The highest BCUT2D eigenvalue weighted by atomic mass is 16.5. The van der Waals surface area contributed by atoms with Gasteiger partial charge >= 0.3 is 0 Å². The van der Waals surface area contributed by atoms with Gasteiger partial charge in [0.25, 0.3) is 11.8 Å². The average Bonchev–Trinajstić information content (AvgIpc) is 3.06. The standard InChI is InChI=1S/C26H24N2O4/c1-16(2)11-18(28-25(29)21-5-3-4-6-22(21)26(28)30)15-31-19-7-8-20-23-13-27-10-9-17(23)14-32-24(20)12-19/h3-10,12-13,16,18H,11,14-15H2,1-2H3/t18-/m0/s1. The number of benzene rings is 2. The van der Waals surface area contributed by atoms with Crippen molar-refractivity contribution in [1.29, 1.82) is 0 Å². The van der Waals surface area contributed by atoms with Crippen molar-refractivity contribution in [2.75, 3.05) is 6.61 Å². The topological polar surface area (TPSA) is 68.7 Å². The minimum atomic E-state index is -0.357. The van der Waals surface area contributed by atoms with Gasteiger partial charge in [-0.25, -0.2) is 0 Å². The van der Waals surface area contributed by atoms with Gasteiger partial charge in [-0.15, -0.1) is 0 Å². The number of ether oxygens (including phenoxy) is 2. The maximum atomic E-state index is 13.0. The first-order valence-electron chi connectivity index (χ1n) is 10.8. The molecule has 0 aliphatic carbocycles. The molecule has 0 radical (unpaired) electrons. The largest absolute Gasteiger partial charge is 0.491 e. The molecule has 0 N–H and O–H groups in total. The number of nitrogens with zero attached hydrogens (tertiary/aromatic N) is 2. The van der Waals surface area contributed by atoms with E-state index in [-0.39, 0.29) is 24.5 Å². The lowest BCUT2D eigenvalue weighted by Crippen LogP contribution is -2.44. The molecule has 162 valence electrons. The lowest BCUT2D eigenvalue weighted by atomic mass is 9.99. The van der Waals surface area contributed by atoms with Crippen LogP contribution >= 0.6 is 0 Å². The number of carbonyl (C=O) groups is 2. The number of hydrogen-bond acceptors (Lipinski definition) is 5. The Kier molecular flexibility index (Phi) is 5.13. The highest BCUT2D eigenvalue weighted by Crippen LogP contribution is 2.39. The normalized spacial score (nSPS) is 15.2. The van der Waals surface area contributed by atoms with E-state index in [9.17, 15) is 9.59 Å². The minimum Gasteiger partial charge on any atom is -0.491 e. The van der Waals surface area contributed by atoms with Gasteiger partial charge in [0.1, 0.15) is 24.7 Å². The van der Waals surface area contributed by atoms with Crippen molar-refractivity contribution in [3.8, 4) is 22.6 Å². The molecule has 0 saturated carbocycles. The second-order valence-electron chi connectivity index (χ2n) is 8.60. The predicted octanol–water partition coefficient (Wildman–Crippen LogP) is 4.73. The molecule has 0 bridgehead atoms. The van der Waals surface area contributed by atoms with Gasteiger partial charge in [-0.2, -0.15) is 0 Å². The van der Waals surface area contributed by atoms with Crippen LogP contribution in [-0.2, 0) is 6.61 Å². The van der Waals surface area contributed by atoms with Crippen molar-refractivity contribution in [1.82, 2.24) is 9.88 Å². The number of imide groups is 1. The molecule has 0 fully saturated rings. The van der Waals surface area contributed by atoms with E-state index in [0.717, 1.165) is 22.4 Å². The molecule has 0 saturated heterocycles. The number of hydrogen-bond donors (Lipinski definition) is 0. The van der Waals surface area contributed by atoms with Crippen LogP contribution in [0.25, 0.3) is 11.1 Å². The molecular formula is C26H24N2O4. The monoisotopic (exact) mass is 428 g/mol. The van der Waals surface area contributed by atoms with Crippen LogP contribution < -0.4 is 9.47 Å². The summed E-state index contributed by atoms with van der Waals surface area (Å²) in [6, 6.07) is 14.3. The summed E-state index contributed by atoms with van der Waals surface area (Å²) in [5.41, 5.74) is 4.06. The summed E-state index contributed by atoms with van der Waals surface area (Å²) in [5, 5.41) is 0. The quantitative estimate of drug-likeness (QED) is 0.531. The number of fused-ring (bicyclic) bond motifs is 4. The highest BCUT2D eigenvalue weighted by molar-refractivity contribution is 6.21. The fourth-order valence-electron chi connectivity index (χ4n) is 4.41. The van der Waals surface area contributed by atoms with E-state index in [1.165, 1.54) is 4.90 Å². The summed E-state index contributed by atoms with van der Waals surface area (Å²) < 4.78 is 12.0. The van der Waals surface area contributed by atoms with Crippen LogP contribution in [0.2, 0.25) is 0 Å². The Morgan fingerprint density at radius 3 is 2.47 bits per heavy atom. The summed E-state index contributed by atoms with van der Waals surface area (Å²) in [4.78, 5) is 31.5. The first kappa shape index (κ1) is 20.2. The van der Waals surface area contributed by atoms with E-state index in [4.69, 9.17) is 9.47 Å². The molecule has 0 spiro atoms. The fourth-order valence-corrected chi connectivity index (χ4v) is 4.41. The molecule has 2 aliphatic heterocycles. The first-order chi connectivity index (χ1) is 15.5. The Hall–Kier alpha value is -3.67. The van der Waals surface area contributed by atoms with Gasteiger partial charge in [-0.3, -0.25) is 19.5 Å². The third-order valence-corrected chi connectivity index (χ3v) is 5.91. The average molecular weight is 428 g/mol. The van der Waals surface area contributed by atoms with Gasteiger partial charge < -0.3 is 9.47 Å². The second-order valence-corrected chi connectivity index (χ2v) is 8.60. The second kappa shape index (κ2) is 8.11. The van der Waals surface area contributed by atoms with Gasteiger partial charge in [0.15, 0.2) is 0 Å². The van der Waals surface area contributed by atoms with Crippen LogP contribution in [-0.4, -0.2) is 34.3 Å². The van der Waals surface area contributed by atoms with Crippen LogP contribution in [0.4, 0.5) is 0 Å². The molecule has 1 atom stereocenters. The molecule has 2 aliphatic rings. The maximum Gasteiger partial charge on any atom is 0.261 e. The number of amides is 2. The third kappa shape index (κ3) is 3.51. The van der Waals surface area contributed by atoms with Crippen LogP contribution in [0.3, 0.4) is 0 Å². The molecule has 3 heterocycles. The highest BCUT2D eigenvalue weighted by Gasteiger charge is 2.40. The molecule has 1 aromatic heterocycles. The Morgan fingerprint density at radius 1 is 1.00 bits per heavy atom. The van der Waals surface area contributed by atoms with Crippen LogP contribution in [0, 0.1) is 5.92 Å². The Labute approximate surface area is 186 Å². The fraction of sp³-hybridized carbons (Fsp3) is 0.269. The van der Waals surface area contributed by atoms with Crippen molar-refractivity contribution < 1.29 is 19.1 Å². The number of carbonyl (C=O) groups excluding carboxylic acids is 2. The van der Waals surface area contributed by atoms with E-state index in [0.29, 0.717) is 35.8 Å². The SMILES string of the molecule is CC(C)C[C@@H](COc1ccc2c(c1)OCc1ccncc1-2)N1C(=O)c2ccccc2C1=O. The zero-order valence-electron chi connectivity index (χ0n) is 18.1. The van der Waals surface area contributed by atoms with Gasteiger partial charge in [0.05, 0.1) is 17.2 Å². The lowest BCUT2D eigenvalue weighted by Gasteiger charge is -2.28. The Morgan fingerprint density at radius 2 is 1.75 bits per heavy atom. The summed E-state index contributed by atoms with van der Waals surface area (Å²) >= 11 is 0. The van der Waals surface area contributed by atoms with Crippen LogP contribution in [0.5, 0.6) is 11.5 Å². The molecule has 6 nitrogen and oxygen atoms in total. The number of pyridine rings is 1. The Balaban J connectivity index is 1.37. The van der Waals surface area contributed by atoms with Gasteiger partial charge in [-0.05, 0) is 42.7 Å². The zero-order valence-corrected chi connectivity index (χ0v) is 18.1. The maximum absolute atomic E-state index is 13.0. The molecule has 5 rings (SSSR count). The predicted molar refractivity (Wildman–Crippen MR) is 120 cm³/mol. The zero-order chi connectivity index (χ0) is 22.2.